The Morgan fingerprint density at radius 2 is 1.67 bits per heavy atom. The van der Waals surface area contributed by atoms with E-state index in [4.69, 9.17) is 0 Å². The third-order valence-electron chi connectivity index (χ3n) is 5.01. The van der Waals surface area contributed by atoms with Gasteiger partial charge in [0, 0.05) is 6.54 Å². The molecule has 27 heavy (non-hydrogen) atoms. The summed E-state index contributed by atoms with van der Waals surface area (Å²) in [5.74, 6) is -3.09. The minimum Gasteiger partial charge on any atom is -0.299 e. The molecule has 146 valence electrons. The van der Waals surface area contributed by atoms with Gasteiger partial charge in [0.2, 0.25) is 9.84 Å². The van der Waals surface area contributed by atoms with Gasteiger partial charge in [-0.2, -0.15) is 8.78 Å². The van der Waals surface area contributed by atoms with Crippen molar-refractivity contribution < 1.29 is 21.6 Å². The van der Waals surface area contributed by atoms with E-state index in [0.29, 0.717) is 12.5 Å². The Labute approximate surface area is 157 Å². The van der Waals surface area contributed by atoms with Crippen molar-refractivity contribution >= 4 is 9.84 Å². The predicted octanol–water partition coefficient (Wildman–Crippen LogP) is 4.28. The molecule has 0 aromatic heterocycles. The van der Waals surface area contributed by atoms with Crippen molar-refractivity contribution in [3.8, 4) is 0 Å². The number of alkyl halides is 2. The molecular weight excluding hydrogens is 375 g/mol. The molecule has 0 N–H and O–H groups in total. The minimum absolute atomic E-state index is 0.206. The Morgan fingerprint density at radius 1 is 1.00 bits per heavy atom. The predicted molar refractivity (Wildman–Crippen MR) is 97.7 cm³/mol. The fourth-order valence-electron chi connectivity index (χ4n) is 3.49. The molecule has 2 aromatic rings. The molecule has 1 saturated heterocycles. The molecule has 2 aromatic carbocycles. The number of piperidine rings is 1. The summed E-state index contributed by atoms with van der Waals surface area (Å²) >= 11 is 0. The molecule has 0 unspecified atom stereocenters. The second kappa shape index (κ2) is 8.44. The van der Waals surface area contributed by atoms with Crippen LogP contribution in [0.2, 0.25) is 0 Å². The highest BCUT2D eigenvalue weighted by molar-refractivity contribution is 7.91. The van der Waals surface area contributed by atoms with Crippen LogP contribution in [0.5, 0.6) is 0 Å². The maximum atomic E-state index is 13.3. The van der Waals surface area contributed by atoms with Gasteiger partial charge in [-0.25, -0.2) is 12.8 Å². The van der Waals surface area contributed by atoms with Gasteiger partial charge in [-0.3, -0.25) is 4.90 Å². The Morgan fingerprint density at radius 3 is 2.26 bits per heavy atom. The maximum absolute atomic E-state index is 13.3. The maximum Gasteiger partial charge on any atom is 0.341 e. The molecule has 1 aliphatic rings. The number of likely N-dealkylation sites (tertiary alicyclic amines) is 1. The number of nitrogens with zero attached hydrogens (tertiary/aromatic N) is 1. The van der Waals surface area contributed by atoms with Crippen LogP contribution in [0.3, 0.4) is 0 Å². The summed E-state index contributed by atoms with van der Waals surface area (Å²) in [6.45, 7) is 2.45. The van der Waals surface area contributed by atoms with Crippen LogP contribution >= 0.6 is 0 Å². The van der Waals surface area contributed by atoms with Crippen molar-refractivity contribution in [2.75, 3.05) is 13.1 Å². The number of sulfone groups is 1. The van der Waals surface area contributed by atoms with Crippen LogP contribution < -0.4 is 0 Å². The Hall–Kier alpha value is -1.86. The molecule has 3 nitrogen and oxygen atoms in total. The van der Waals surface area contributed by atoms with Gasteiger partial charge in [0.1, 0.15) is 5.82 Å². The average Bonchev–Trinajstić information content (AvgIpc) is 2.64. The Kier molecular flexibility index (Phi) is 6.22. The topological polar surface area (TPSA) is 37.4 Å². The van der Waals surface area contributed by atoms with Gasteiger partial charge in [-0.1, -0.05) is 24.3 Å². The smallest absolute Gasteiger partial charge is 0.299 e. The van der Waals surface area contributed by atoms with Crippen LogP contribution in [-0.4, -0.2) is 32.2 Å². The summed E-state index contributed by atoms with van der Waals surface area (Å²) in [6, 6.07) is 12.4. The lowest BCUT2D eigenvalue weighted by Gasteiger charge is -2.32. The van der Waals surface area contributed by atoms with Crippen LogP contribution in [0.1, 0.15) is 24.0 Å². The lowest BCUT2D eigenvalue weighted by molar-refractivity contribution is 0.177. The molecule has 0 aliphatic carbocycles. The number of benzene rings is 2. The van der Waals surface area contributed by atoms with Crippen LogP contribution in [0.15, 0.2) is 53.4 Å². The summed E-state index contributed by atoms with van der Waals surface area (Å²) in [6.07, 6.45) is 2.88. The summed E-state index contributed by atoms with van der Waals surface area (Å²) in [7, 11) is -4.54. The fourth-order valence-corrected chi connectivity index (χ4v) is 4.21. The SMILES string of the molecule is O=S(=O)(c1ccc(CN2CCC(Cc3cccc(F)c3)CC2)cc1)C(F)F. The van der Waals surface area contributed by atoms with Gasteiger partial charge in [0.15, 0.2) is 0 Å². The largest absolute Gasteiger partial charge is 0.341 e. The van der Waals surface area contributed by atoms with Gasteiger partial charge in [-0.05, 0) is 73.7 Å². The van der Waals surface area contributed by atoms with Crippen LogP contribution in [0.4, 0.5) is 13.2 Å². The summed E-state index contributed by atoms with van der Waals surface area (Å²) < 4.78 is 61.3. The van der Waals surface area contributed by atoms with Crippen LogP contribution in [0, 0.1) is 11.7 Å². The zero-order valence-electron chi connectivity index (χ0n) is 14.8. The van der Waals surface area contributed by atoms with Crippen molar-refractivity contribution in [1.29, 1.82) is 0 Å². The number of hydrogen-bond acceptors (Lipinski definition) is 3. The minimum atomic E-state index is -4.54. The molecule has 0 bridgehead atoms. The molecular formula is C20H22F3NO2S. The van der Waals surface area contributed by atoms with E-state index in [1.165, 1.54) is 18.2 Å². The van der Waals surface area contributed by atoms with E-state index >= 15 is 0 Å². The second-order valence-electron chi connectivity index (χ2n) is 7.00. The highest BCUT2D eigenvalue weighted by atomic mass is 32.2. The van der Waals surface area contributed by atoms with E-state index in [1.807, 2.05) is 6.07 Å². The van der Waals surface area contributed by atoms with Crippen molar-refractivity contribution in [3.05, 3.63) is 65.5 Å². The first kappa shape index (κ1) is 19.9. The Bertz CT molecular complexity index is 861. The molecule has 0 saturated carbocycles. The summed E-state index contributed by atoms with van der Waals surface area (Å²) in [4.78, 5) is 1.91. The van der Waals surface area contributed by atoms with Gasteiger partial charge >= 0.3 is 5.76 Å². The molecule has 0 atom stereocenters. The highest BCUT2D eigenvalue weighted by Gasteiger charge is 2.26. The first-order chi connectivity index (χ1) is 12.8. The molecule has 0 spiro atoms. The monoisotopic (exact) mass is 397 g/mol. The van der Waals surface area contributed by atoms with E-state index in [2.05, 4.69) is 4.90 Å². The second-order valence-corrected chi connectivity index (χ2v) is 8.92. The third kappa shape index (κ3) is 5.11. The molecule has 1 aliphatic heterocycles. The van der Waals surface area contributed by atoms with E-state index in [0.717, 1.165) is 43.5 Å². The number of hydrogen-bond donors (Lipinski definition) is 0. The first-order valence-electron chi connectivity index (χ1n) is 8.92. The highest BCUT2D eigenvalue weighted by Crippen LogP contribution is 2.24. The quantitative estimate of drug-likeness (QED) is 0.730. The Balaban J connectivity index is 1.52. The molecule has 1 fully saturated rings. The standard InChI is InChI=1S/C20H22F3NO2S/c21-18-3-1-2-17(13-18)12-15-8-10-24(11-9-15)14-16-4-6-19(7-5-16)27(25,26)20(22)23/h1-7,13,15,20H,8-12,14H2. The zero-order chi connectivity index (χ0) is 19.4. The van der Waals surface area contributed by atoms with Crippen molar-refractivity contribution in [3.63, 3.8) is 0 Å². The van der Waals surface area contributed by atoms with Crippen molar-refractivity contribution in [2.45, 2.75) is 36.5 Å². The molecule has 1 heterocycles. The molecule has 0 radical (unpaired) electrons. The van der Waals surface area contributed by atoms with E-state index < -0.39 is 15.6 Å². The first-order valence-corrected chi connectivity index (χ1v) is 10.5. The number of rotatable bonds is 6. The van der Waals surface area contributed by atoms with Gasteiger partial charge in [0.25, 0.3) is 0 Å². The van der Waals surface area contributed by atoms with E-state index in [9.17, 15) is 21.6 Å². The van der Waals surface area contributed by atoms with Gasteiger partial charge in [-0.15, -0.1) is 0 Å². The van der Waals surface area contributed by atoms with Crippen molar-refractivity contribution in [2.24, 2.45) is 5.92 Å². The van der Waals surface area contributed by atoms with E-state index in [-0.39, 0.29) is 10.7 Å². The van der Waals surface area contributed by atoms with Crippen molar-refractivity contribution in [1.82, 2.24) is 4.90 Å². The molecule has 7 heteroatoms. The zero-order valence-corrected chi connectivity index (χ0v) is 15.6. The molecule has 0 amide bonds. The van der Waals surface area contributed by atoms with Crippen LogP contribution in [0.25, 0.3) is 0 Å². The average molecular weight is 397 g/mol. The van der Waals surface area contributed by atoms with Gasteiger partial charge < -0.3 is 0 Å². The van der Waals surface area contributed by atoms with Gasteiger partial charge in [0.05, 0.1) is 4.90 Å². The van der Waals surface area contributed by atoms with Crippen LogP contribution in [-0.2, 0) is 22.8 Å². The lowest BCUT2D eigenvalue weighted by Crippen LogP contribution is -2.33. The summed E-state index contributed by atoms with van der Waals surface area (Å²) in [5.41, 5.74) is 1.91. The normalized spacial score (nSPS) is 16.7. The molecule has 3 rings (SSSR count). The third-order valence-corrected chi connectivity index (χ3v) is 6.41. The van der Waals surface area contributed by atoms with E-state index in [1.54, 1.807) is 24.3 Å². The fraction of sp³-hybridized carbons (Fsp3) is 0.400. The number of halogens is 3. The lowest BCUT2D eigenvalue weighted by atomic mass is 9.90. The summed E-state index contributed by atoms with van der Waals surface area (Å²) in [5, 5.41) is 0.